The number of rotatable bonds is 6. The van der Waals surface area contributed by atoms with Crippen molar-refractivity contribution in [3.8, 4) is 0 Å². The monoisotopic (exact) mass is 463 g/mol. The summed E-state index contributed by atoms with van der Waals surface area (Å²) in [6.07, 6.45) is 7.94. The van der Waals surface area contributed by atoms with Gasteiger partial charge in [-0.2, -0.15) is 10.1 Å². The molecular weight excluding hydrogens is 430 g/mol. The van der Waals surface area contributed by atoms with E-state index in [9.17, 15) is 14.7 Å². The summed E-state index contributed by atoms with van der Waals surface area (Å²) < 4.78 is 0. The van der Waals surface area contributed by atoms with Gasteiger partial charge in [-0.3, -0.25) is 4.79 Å². The van der Waals surface area contributed by atoms with Crippen LogP contribution in [-0.2, 0) is 4.79 Å². The molecule has 0 atom stereocenters. The molecule has 0 radical (unpaired) electrons. The first-order chi connectivity index (χ1) is 16.5. The van der Waals surface area contributed by atoms with Crippen LogP contribution in [0, 0.1) is 5.92 Å². The Kier molecular flexibility index (Phi) is 8.99. The summed E-state index contributed by atoms with van der Waals surface area (Å²) in [5.74, 6) is -0.867. The second-order valence-electron chi connectivity index (χ2n) is 8.52. The Labute approximate surface area is 201 Å². The van der Waals surface area contributed by atoms with Gasteiger partial charge in [-0.15, -0.1) is 0 Å². The van der Waals surface area contributed by atoms with Gasteiger partial charge in [0.15, 0.2) is 0 Å². The van der Waals surface area contributed by atoms with Crippen LogP contribution in [0.2, 0.25) is 0 Å². The molecule has 2 aromatic carbocycles. The van der Waals surface area contributed by atoms with E-state index in [4.69, 9.17) is 5.11 Å². The first kappa shape index (κ1) is 25.2. The Balaban J connectivity index is 0.000000751. The van der Waals surface area contributed by atoms with Crippen molar-refractivity contribution in [1.29, 1.82) is 0 Å². The number of hydrogen-bond donors (Lipinski definition) is 2. The molecule has 0 spiro atoms. The van der Waals surface area contributed by atoms with Gasteiger partial charge in [0.05, 0.1) is 23.0 Å². The van der Waals surface area contributed by atoms with E-state index in [1.807, 2.05) is 24.3 Å². The highest BCUT2D eigenvalue weighted by atomic mass is 16.4. The molecule has 0 unspecified atom stereocenters. The summed E-state index contributed by atoms with van der Waals surface area (Å²) in [5.41, 5.74) is 3.19. The van der Waals surface area contributed by atoms with Crippen LogP contribution in [-0.4, -0.2) is 48.0 Å². The molecule has 2 heterocycles. The quantitative estimate of drug-likeness (QED) is 0.600. The minimum absolute atomic E-state index is 0.158. The van der Waals surface area contributed by atoms with Gasteiger partial charge in [-0.25, -0.2) is 4.79 Å². The van der Waals surface area contributed by atoms with E-state index in [2.05, 4.69) is 23.8 Å². The Morgan fingerprint density at radius 3 is 2.12 bits per heavy atom. The molecule has 7 nitrogen and oxygen atoms in total. The van der Waals surface area contributed by atoms with Crippen LogP contribution in [0.3, 0.4) is 0 Å². The molecule has 0 aromatic heterocycles. The van der Waals surface area contributed by atoms with Crippen LogP contribution < -0.4 is 9.91 Å². The maximum atomic E-state index is 12.7. The van der Waals surface area contributed by atoms with E-state index in [1.54, 1.807) is 18.2 Å². The fourth-order valence-corrected chi connectivity index (χ4v) is 3.71. The minimum Gasteiger partial charge on any atom is -0.478 e. The first-order valence-electron chi connectivity index (χ1n) is 11.9. The topological polar surface area (TPSA) is 93.4 Å². The summed E-state index contributed by atoms with van der Waals surface area (Å²) in [6.45, 7) is 6.50. The number of piperidine rings is 1. The number of anilines is 2. The number of aliphatic hydroxyl groups excluding tert-OH is 1. The fourth-order valence-electron chi connectivity index (χ4n) is 3.71. The van der Waals surface area contributed by atoms with Gasteiger partial charge in [-0.1, -0.05) is 38.8 Å². The molecule has 1 fully saturated rings. The smallest absolute Gasteiger partial charge is 0.335 e. The molecule has 4 rings (SSSR count). The summed E-state index contributed by atoms with van der Waals surface area (Å²) in [4.78, 5) is 26.0. The summed E-state index contributed by atoms with van der Waals surface area (Å²) in [6, 6.07) is 14.1. The highest BCUT2D eigenvalue weighted by Crippen LogP contribution is 2.25. The molecule has 1 amide bonds. The molecule has 2 N–H and O–H groups in total. The number of hydrazone groups is 1. The number of carbonyl (C=O) groups is 2. The van der Waals surface area contributed by atoms with Gasteiger partial charge in [0.2, 0.25) is 0 Å². The number of nitrogens with zero attached hydrogens (tertiary/aromatic N) is 3. The largest absolute Gasteiger partial charge is 0.478 e. The zero-order chi connectivity index (χ0) is 24.5. The highest BCUT2D eigenvalue weighted by Gasteiger charge is 2.24. The number of unbranched alkanes of at least 4 members (excludes halogenated alkanes) is 1. The molecule has 2 aliphatic heterocycles. The third-order valence-corrected chi connectivity index (χ3v) is 6.06. The van der Waals surface area contributed by atoms with Gasteiger partial charge in [0.25, 0.3) is 5.91 Å². The lowest BCUT2D eigenvalue weighted by molar-refractivity contribution is -0.114. The third kappa shape index (κ3) is 6.32. The van der Waals surface area contributed by atoms with Gasteiger partial charge in [0, 0.05) is 25.4 Å². The molecule has 34 heavy (non-hydrogen) atoms. The van der Waals surface area contributed by atoms with Crippen LogP contribution in [0.1, 0.15) is 55.5 Å². The maximum absolute atomic E-state index is 12.7. The lowest BCUT2D eigenvalue weighted by Gasteiger charge is -2.32. The molecule has 7 heteroatoms. The molecular formula is C27H33N3O4. The number of benzene rings is 2. The van der Waals surface area contributed by atoms with Crippen molar-refractivity contribution in [1.82, 2.24) is 0 Å². The number of carboxylic acid groups (broad SMARTS) is 1. The van der Waals surface area contributed by atoms with Crippen molar-refractivity contribution in [2.75, 3.05) is 29.6 Å². The number of aliphatic hydroxyl groups is 1. The predicted molar refractivity (Wildman–Crippen MR) is 136 cm³/mol. The average Bonchev–Trinajstić information content (AvgIpc) is 3.24. The van der Waals surface area contributed by atoms with E-state index >= 15 is 0 Å². The molecule has 0 aliphatic carbocycles. The van der Waals surface area contributed by atoms with E-state index < -0.39 is 5.97 Å². The van der Waals surface area contributed by atoms with Crippen LogP contribution in [0.5, 0.6) is 0 Å². The Morgan fingerprint density at radius 2 is 1.59 bits per heavy atom. The van der Waals surface area contributed by atoms with E-state index in [1.165, 1.54) is 36.2 Å². The van der Waals surface area contributed by atoms with Gasteiger partial charge in [-0.05, 0) is 66.8 Å². The first-order valence-corrected chi connectivity index (χ1v) is 11.9. The number of carbonyl (C=O) groups excluding carboxylic acids is 1. The molecule has 0 bridgehead atoms. The molecule has 180 valence electrons. The molecule has 1 saturated heterocycles. The standard InChI is InChI=1S/C23H23N3O4.C4H10/c27-15-17-9-11-25(12-10-17)20-5-1-16(2-6-20)13-19-14-24-26(22(19)28)21-7-3-18(4-8-21)23(29)30;1-3-4-2/h1-8,13-14,17,27H,9-12,15H2,(H,29,30);3-4H2,1-2H3/b19-13-;. The lowest BCUT2D eigenvalue weighted by atomic mass is 9.97. The normalized spacial score (nSPS) is 17.1. The number of aromatic carboxylic acids is 1. The highest BCUT2D eigenvalue weighted by molar-refractivity contribution is 6.25. The van der Waals surface area contributed by atoms with Crippen LogP contribution in [0.4, 0.5) is 11.4 Å². The van der Waals surface area contributed by atoms with Crippen molar-refractivity contribution in [2.24, 2.45) is 11.0 Å². The van der Waals surface area contributed by atoms with Crippen LogP contribution in [0.15, 0.2) is 59.2 Å². The molecule has 2 aromatic rings. The summed E-state index contributed by atoms with van der Waals surface area (Å²) >= 11 is 0. The SMILES string of the molecule is CCCC.O=C(O)c1ccc(N2N=C/C(=C/c3ccc(N4CCC(CO)CC4)cc3)C2=O)cc1. The van der Waals surface area contributed by atoms with Crippen molar-refractivity contribution in [3.63, 3.8) is 0 Å². The Hall–Kier alpha value is -3.45. The van der Waals surface area contributed by atoms with Crippen molar-refractivity contribution >= 4 is 35.5 Å². The second-order valence-corrected chi connectivity index (χ2v) is 8.52. The maximum Gasteiger partial charge on any atom is 0.335 e. The van der Waals surface area contributed by atoms with Crippen molar-refractivity contribution < 1.29 is 19.8 Å². The van der Waals surface area contributed by atoms with Crippen LogP contribution in [0.25, 0.3) is 6.08 Å². The summed E-state index contributed by atoms with van der Waals surface area (Å²) in [7, 11) is 0. The van der Waals surface area contributed by atoms with Gasteiger partial charge < -0.3 is 15.1 Å². The molecule has 0 saturated carbocycles. The number of carboxylic acids is 1. The third-order valence-electron chi connectivity index (χ3n) is 6.06. The minimum atomic E-state index is -1.01. The lowest BCUT2D eigenvalue weighted by Crippen LogP contribution is -2.34. The fraction of sp³-hybridized carbons (Fsp3) is 0.370. The van der Waals surface area contributed by atoms with E-state index in [0.29, 0.717) is 17.2 Å². The van der Waals surface area contributed by atoms with E-state index in [-0.39, 0.29) is 18.1 Å². The van der Waals surface area contributed by atoms with E-state index in [0.717, 1.165) is 37.2 Å². The van der Waals surface area contributed by atoms with Crippen LogP contribution >= 0.6 is 0 Å². The van der Waals surface area contributed by atoms with Crippen molar-refractivity contribution in [2.45, 2.75) is 39.5 Å². The summed E-state index contributed by atoms with van der Waals surface area (Å²) in [5, 5.41) is 23.7. The van der Waals surface area contributed by atoms with Gasteiger partial charge in [0.1, 0.15) is 0 Å². The van der Waals surface area contributed by atoms with Crippen molar-refractivity contribution in [3.05, 3.63) is 65.2 Å². The molecule has 2 aliphatic rings. The zero-order valence-electron chi connectivity index (χ0n) is 19.9. The zero-order valence-corrected chi connectivity index (χ0v) is 19.9. The number of hydrogen-bond acceptors (Lipinski definition) is 5. The second kappa shape index (κ2) is 12.1. The van der Waals surface area contributed by atoms with Gasteiger partial charge >= 0.3 is 5.97 Å². The Morgan fingerprint density at radius 1 is 1.00 bits per heavy atom. The predicted octanol–water partition coefficient (Wildman–Crippen LogP) is 4.82. The average molecular weight is 464 g/mol. The number of amides is 1. The Bertz CT molecular complexity index is 1020.